The van der Waals surface area contributed by atoms with Crippen molar-refractivity contribution < 1.29 is 8.81 Å². The van der Waals surface area contributed by atoms with E-state index in [9.17, 15) is 4.39 Å². The van der Waals surface area contributed by atoms with Crippen molar-refractivity contribution in [3.63, 3.8) is 0 Å². The van der Waals surface area contributed by atoms with Gasteiger partial charge in [-0.2, -0.15) is 0 Å². The van der Waals surface area contributed by atoms with E-state index in [0.717, 1.165) is 5.69 Å². The van der Waals surface area contributed by atoms with E-state index in [2.05, 4.69) is 10.3 Å². The Hall–Kier alpha value is -2.36. The first-order valence-corrected chi connectivity index (χ1v) is 5.61. The van der Waals surface area contributed by atoms with E-state index in [-0.39, 0.29) is 5.82 Å². The number of hydrogen-bond acceptors (Lipinski definition) is 3. The Labute approximate surface area is 103 Å². The van der Waals surface area contributed by atoms with Crippen LogP contribution in [-0.2, 0) is 0 Å². The Bertz CT molecular complexity index is 706. The molecule has 0 fully saturated rings. The molecule has 1 N–H and O–H groups in total. The summed E-state index contributed by atoms with van der Waals surface area (Å²) in [7, 11) is 1.83. The molecule has 0 saturated heterocycles. The maximum absolute atomic E-state index is 13.6. The van der Waals surface area contributed by atoms with Crippen molar-refractivity contribution in [3.8, 4) is 11.5 Å². The van der Waals surface area contributed by atoms with Gasteiger partial charge in [0, 0.05) is 18.8 Å². The Morgan fingerprint density at radius 2 is 2.00 bits per heavy atom. The molecule has 2 aromatic carbocycles. The van der Waals surface area contributed by atoms with Crippen molar-refractivity contribution in [1.29, 1.82) is 0 Å². The van der Waals surface area contributed by atoms with Gasteiger partial charge in [0.15, 0.2) is 5.58 Å². The van der Waals surface area contributed by atoms with Crippen LogP contribution < -0.4 is 5.32 Å². The van der Waals surface area contributed by atoms with E-state index in [4.69, 9.17) is 4.42 Å². The molecule has 18 heavy (non-hydrogen) atoms. The van der Waals surface area contributed by atoms with Crippen molar-refractivity contribution in [3.05, 3.63) is 48.3 Å². The van der Waals surface area contributed by atoms with Crippen molar-refractivity contribution in [2.24, 2.45) is 0 Å². The van der Waals surface area contributed by atoms with Crippen molar-refractivity contribution in [1.82, 2.24) is 4.98 Å². The van der Waals surface area contributed by atoms with Gasteiger partial charge in [0.2, 0.25) is 5.89 Å². The highest BCUT2D eigenvalue weighted by Crippen LogP contribution is 2.27. The number of halogens is 1. The molecule has 0 bridgehead atoms. The number of aromatic nitrogens is 1. The summed E-state index contributed by atoms with van der Waals surface area (Å²) in [6.45, 7) is 0. The topological polar surface area (TPSA) is 38.1 Å². The Balaban J connectivity index is 2.17. The van der Waals surface area contributed by atoms with Crippen LogP contribution in [0.2, 0.25) is 0 Å². The highest BCUT2D eigenvalue weighted by atomic mass is 19.1. The summed E-state index contributed by atoms with van der Waals surface area (Å²) in [4.78, 5) is 4.28. The van der Waals surface area contributed by atoms with Gasteiger partial charge >= 0.3 is 0 Å². The molecule has 4 heteroatoms. The molecular weight excluding hydrogens is 231 g/mol. The van der Waals surface area contributed by atoms with E-state index >= 15 is 0 Å². The molecular formula is C14H11FN2O. The monoisotopic (exact) mass is 242 g/mol. The number of anilines is 1. The first-order valence-electron chi connectivity index (χ1n) is 5.61. The van der Waals surface area contributed by atoms with Gasteiger partial charge in [0.05, 0.1) is 5.56 Å². The summed E-state index contributed by atoms with van der Waals surface area (Å²) in [5.74, 6) is -0.0331. The lowest BCUT2D eigenvalue weighted by Crippen LogP contribution is -1.85. The van der Waals surface area contributed by atoms with Gasteiger partial charge in [-0.3, -0.25) is 0 Å². The van der Waals surface area contributed by atoms with Gasteiger partial charge in [0.1, 0.15) is 11.3 Å². The van der Waals surface area contributed by atoms with Crippen molar-refractivity contribution >= 4 is 16.8 Å². The third-order valence-corrected chi connectivity index (χ3v) is 2.78. The lowest BCUT2D eigenvalue weighted by Gasteiger charge is -1.96. The summed E-state index contributed by atoms with van der Waals surface area (Å²) >= 11 is 0. The van der Waals surface area contributed by atoms with Gasteiger partial charge in [-0.05, 0) is 24.3 Å². The Morgan fingerprint density at radius 3 is 2.78 bits per heavy atom. The third kappa shape index (κ3) is 1.72. The van der Waals surface area contributed by atoms with E-state index < -0.39 is 0 Å². The van der Waals surface area contributed by atoms with Crippen LogP contribution in [0, 0.1) is 5.82 Å². The van der Waals surface area contributed by atoms with Crippen LogP contribution in [0.25, 0.3) is 22.6 Å². The minimum atomic E-state index is -0.335. The minimum Gasteiger partial charge on any atom is -0.436 e. The van der Waals surface area contributed by atoms with Crippen molar-refractivity contribution in [2.75, 3.05) is 12.4 Å². The number of benzene rings is 2. The largest absolute Gasteiger partial charge is 0.436 e. The van der Waals surface area contributed by atoms with Crippen LogP contribution in [0.4, 0.5) is 10.1 Å². The second-order valence-electron chi connectivity index (χ2n) is 3.93. The summed E-state index contributed by atoms with van der Waals surface area (Å²) in [5, 5.41) is 3.02. The first-order chi connectivity index (χ1) is 8.78. The van der Waals surface area contributed by atoms with Gasteiger partial charge in [-0.25, -0.2) is 9.37 Å². The lowest BCUT2D eigenvalue weighted by molar-refractivity contribution is 0.593. The second-order valence-corrected chi connectivity index (χ2v) is 3.93. The van der Waals surface area contributed by atoms with E-state index in [0.29, 0.717) is 22.6 Å². The van der Waals surface area contributed by atoms with Gasteiger partial charge in [0.25, 0.3) is 0 Å². The molecule has 3 nitrogen and oxygen atoms in total. The molecule has 0 saturated carbocycles. The molecule has 0 amide bonds. The van der Waals surface area contributed by atoms with Gasteiger partial charge < -0.3 is 9.73 Å². The molecule has 3 rings (SSSR count). The highest BCUT2D eigenvalue weighted by molar-refractivity contribution is 5.79. The zero-order valence-corrected chi connectivity index (χ0v) is 9.77. The number of hydrogen-bond donors (Lipinski definition) is 1. The first kappa shape index (κ1) is 10.8. The van der Waals surface area contributed by atoms with Crippen LogP contribution in [0.15, 0.2) is 46.9 Å². The number of fused-ring (bicyclic) bond motifs is 1. The van der Waals surface area contributed by atoms with Crippen LogP contribution in [0.5, 0.6) is 0 Å². The smallest absolute Gasteiger partial charge is 0.230 e. The van der Waals surface area contributed by atoms with Crippen molar-refractivity contribution in [2.45, 2.75) is 0 Å². The summed E-state index contributed by atoms with van der Waals surface area (Å²) in [6, 6.07) is 12.0. The molecule has 1 aromatic heterocycles. The molecule has 0 aliphatic rings. The molecule has 3 aromatic rings. The van der Waals surface area contributed by atoms with E-state index in [1.807, 2.05) is 25.2 Å². The second kappa shape index (κ2) is 4.14. The molecule has 0 spiro atoms. The maximum Gasteiger partial charge on any atom is 0.230 e. The van der Waals surface area contributed by atoms with Crippen LogP contribution in [0.1, 0.15) is 0 Å². The van der Waals surface area contributed by atoms with Crippen LogP contribution in [-0.4, -0.2) is 12.0 Å². The molecule has 0 aliphatic heterocycles. The number of oxazole rings is 1. The van der Waals surface area contributed by atoms with E-state index in [1.54, 1.807) is 18.2 Å². The third-order valence-electron chi connectivity index (χ3n) is 2.78. The summed E-state index contributed by atoms with van der Waals surface area (Å²) < 4.78 is 19.2. The maximum atomic E-state index is 13.6. The normalized spacial score (nSPS) is 10.8. The number of nitrogens with zero attached hydrogens (tertiary/aromatic N) is 1. The lowest BCUT2D eigenvalue weighted by atomic mass is 10.2. The zero-order valence-electron chi connectivity index (χ0n) is 9.77. The zero-order chi connectivity index (χ0) is 12.5. The average Bonchev–Trinajstić information content (AvgIpc) is 2.81. The molecule has 0 atom stereocenters. The number of nitrogens with one attached hydrogen (secondary N) is 1. The Kier molecular flexibility index (Phi) is 2.48. The fourth-order valence-corrected chi connectivity index (χ4v) is 1.83. The Morgan fingerprint density at radius 1 is 1.17 bits per heavy atom. The van der Waals surface area contributed by atoms with Gasteiger partial charge in [-0.1, -0.05) is 12.1 Å². The predicted molar refractivity (Wildman–Crippen MR) is 68.9 cm³/mol. The number of rotatable bonds is 2. The standard InChI is InChI=1S/C14H11FN2O/c1-16-9-6-7-12-13(8-9)18-14(17-12)10-4-2-3-5-11(10)15/h2-8,16H,1H3. The van der Waals surface area contributed by atoms with Crippen LogP contribution in [0.3, 0.4) is 0 Å². The predicted octanol–water partition coefficient (Wildman–Crippen LogP) is 3.68. The fraction of sp³-hybridized carbons (Fsp3) is 0.0714. The summed E-state index contributed by atoms with van der Waals surface area (Å²) in [6.07, 6.45) is 0. The van der Waals surface area contributed by atoms with Crippen LogP contribution >= 0.6 is 0 Å². The SMILES string of the molecule is CNc1ccc2nc(-c3ccccc3F)oc2c1. The average molecular weight is 242 g/mol. The minimum absolute atomic E-state index is 0.302. The molecule has 1 heterocycles. The summed E-state index contributed by atoms with van der Waals surface area (Å²) in [5.41, 5.74) is 2.66. The molecule has 90 valence electrons. The fourth-order valence-electron chi connectivity index (χ4n) is 1.83. The molecule has 0 aliphatic carbocycles. The molecule has 0 unspecified atom stereocenters. The quantitative estimate of drug-likeness (QED) is 0.745. The van der Waals surface area contributed by atoms with E-state index in [1.165, 1.54) is 6.07 Å². The molecule has 0 radical (unpaired) electrons. The van der Waals surface area contributed by atoms with Gasteiger partial charge in [-0.15, -0.1) is 0 Å². The highest BCUT2D eigenvalue weighted by Gasteiger charge is 2.11.